The Morgan fingerprint density at radius 3 is 3.05 bits per heavy atom. The molecule has 8 heteroatoms. The normalized spacial score (nSPS) is 18.3. The first-order valence-electron chi connectivity index (χ1n) is 7.18. The molecule has 2 aromatic rings. The van der Waals surface area contributed by atoms with Gasteiger partial charge in [-0.3, -0.25) is 4.79 Å². The van der Waals surface area contributed by atoms with Gasteiger partial charge in [0.25, 0.3) is 5.91 Å². The summed E-state index contributed by atoms with van der Waals surface area (Å²) in [6, 6.07) is 1.74. The Bertz CT molecular complexity index is 675. The van der Waals surface area contributed by atoms with E-state index in [1.54, 1.807) is 19.2 Å². The number of piperidine rings is 1. The zero-order valence-corrected chi connectivity index (χ0v) is 13.3. The number of aromatic nitrogens is 4. The summed E-state index contributed by atoms with van der Waals surface area (Å²) in [6.45, 7) is 4.92. The molecule has 2 aromatic heterocycles. The van der Waals surface area contributed by atoms with Crippen LogP contribution in [0.2, 0.25) is 0 Å². The van der Waals surface area contributed by atoms with E-state index in [2.05, 4.69) is 19.6 Å². The fourth-order valence-electron chi connectivity index (χ4n) is 2.46. The molecule has 1 aliphatic heterocycles. The lowest BCUT2D eigenvalue weighted by Crippen LogP contribution is -2.44. The lowest BCUT2D eigenvalue weighted by Gasteiger charge is -2.32. The molecule has 1 amide bonds. The summed E-state index contributed by atoms with van der Waals surface area (Å²) in [5, 5.41) is 3.90. The third-order valence-electron chi connectivity index (χ3n) is 3.55. The molecule has 1 atom stereocenters. The Morgan fingerprint density at radius 1 is 1.45 bits per heavy atom. The second-order valence-corrected chi connectivity index (χ2v) is 6.02. The van der Waals surface area contributed by atoms with Crippen molar-refractivity contribution in [1.29, 1.82) is 0 Å². The fraction of sp³-hybridized carbons (Fsp3) is 0.500. The van der Waals surface area contributed by atoms with Crippen LogP contribution in [0.3, 0.4) is 0 Å². The largest absolute Gasteiger partial charge is 0.472 e. The van der Waals surface area contributed by atoms with Crippen molar-refractivity contribution in [2.45, 2.75) is 32.8 Å². The number of hydrogen-bond donors (Lipinski definition) is 0. The number of likely N-dealkylation sites (tertiary alicyclic amines) is 1. The maximum absolute atomic E-state index is 12.5. The van der Waals surface area contributed by atoms with Gasteiger partial charge in [-0.25, -0.2) is 4.98 Å². The summed E-state index contributed by atoms with van der Waals surface area (Å²) in [7, 11) is 0. The van der Waals surface area contributed by atoms with Gasteiger partial charge in [-0.1, -0.05) is 4.49 Å². The van der Waals surface area contributed by atoms with Gasteiger partial charge in [0.1, 0.15) is 16.8 Å². The number of aryl methyl sites for hydroxylation is 2. The standard InChI is InChI=1S/C14H17N5O2S/c1-9-13(22-18-17-9)14(20)19-7-3-4-11(8-19)21-12-5-6-15-10(2)16-12/h5-6,11H,3-4,7-8H2,1-2H3. The van der Waals surface area contributed by atoms with E-state index in [0.717, 1.165) is 30.9 Å². The molecule has 0 aliphatic carbocycles. The Balaban J connectivity index is 1.67. The van der Waals surface area contributed by atoms with Crippen molar-refractivity contribution < 1.29 is 9.53 Å². The number of hydrogen-bond acceptors (Lipinski definition) is 7. The van der Waals surface area contributed by atoms with Crippen molar-refractivity contribution in [2.24, 2.45) is 0 Å². The van der Waals surface area contributed by atoms with E-state index in [4.69, 9.17) is 4.74 Å². The van der Waals surface area contributed by atoms with Crippen molar-refractivity contribution in [3.8, 4) is 5.88 Å². The molecule has 1 fully saturated rings. The molecule has 7 nitrogen and oxygen atoms in total. The molecule has 1 unspecified atom stereocenters. The van der Waals surface area contributed by atoms with Crippen LogP contribution in [0, 0.1) is 13.8 Å². The lowest BCUT2D eigenvalue weighted by atomic mass is 10.1. The molecule has 0 aromatic carbocycles. The van der Waals surface area contributed by atoms with Gasteiger partial charge >= 0.3 is 0 Å². The molecule has 1 saturated heterocycles. The number of nitrogens with zero attached hydrogens (tertiary/aromatic N) is 5. The van der Waals surface area contributed by atoms with Crippen LogP contribution in [0.1, 0.15) is 34.0 Å². The fourth-order valence-corrected chi connectivity index (χ4v) is 3.09. The van der Waals surface area contributed by atoms with Crippen molar-refractivity contribution in [3.63, 3.8) is 0 Å². The first-order valence-corrected chi connectivity index (χ1v) is 7.95. The first kappa shape index (κ1) is 14.8. The van der Waals surface area contributed by atoms with Gasteiger partial charge in [-0.2, -0.15) is 4.98 Å². The quantitative estimate of drug-likeness (QED) is 0.855. The zero-order chi connectivity index (χ0) is 15.5. The molecule has 0 radical (unpaired) electrons. The molecule has 0 N–H and O–H groups in total. The molecule has 1 aliphatic rings. The van der Waals surface area contributed by atoms with E-state index < -0.39 is 0 Å². The number of carbonyl (C=O) groups excluding carboxylic acids is 1. The number of amides is 1. The average molecular weight is 319 g/mol. The third-order valence-corrected chi connectivity index (χ3v) is 4.36. The van der Waals surface area contributed by atoms with Crippen LogP contribution in [-0.2, 0) is 0 Å². The molecule has 0 saturated carbocycles. The minimum Gasteiger partial charge on any atom is -0.472 e. The van der Waals surface area contributed by atoms with Crippen LogP contribution >= 0.6 is 11.5 Å². The van der Waals surface area contributed by atoms with Crippen molar-refractivity contribution in [2.75, 3.05) is 13.1 Å². The van der Waals surface area contributed by atoms with E-state index in [0.29, 0.717) is 28.8 Å². The van der Waals surface area contributed by atoms with Crippen molar-refractivity contribution >= 4 is 17.4 Å². The Hall–Kier alpha value is -2.09. The average Bonchev–Trinajstić information content (AvgIpc) is 2.93. The molecular weight excluding hydrogens is 302 g/mol. The lowest BCUT2D eigenvalue weighted by molar-refractivity contribution is 0.0530. The maximum atomic E-state index is 12.5. The minimum atomic E-state index is -0.0480. The Labute approximate surface area is 132 Å². The van der Waals surface area contributed by atoms with Gasteiger partial charge in [0, 0.05) is 18.8 Å². The Kier molecular flexibility index (Phi) is 4.28. The summed E-state index contributed by atoms with van der Waals surface area (Å²) >= 11 is 1.14. The van der Waals surface area contributed by atoms with Gasteiger partial charge < -0.3 is 9.64 Å². The third kappa shape index (κ3) is 3.22. The molecule has 3 rings (SSSR count). The molecule has 3 heterocycles. The summed E-state index contributed by atoms with van der Waals surface area (Å²) in [5.41, 5.74) is 0.685. The van der Waals surface area contributed by atoms with Gasteiger partial charge in [-0.05, 0) is 38.2 Å². The summed E-state index contributed by atoms with van der Waals surface area (Å²) in [4.78, 5) is 23.2. The SMILES string of the molecule is Cc1nccc(OC2CCCN(C(=O)c3snnc3C)C2)n1. The van der Waals surface area contributed by atoms with E-state index in [1.807, 2.05) is 11.8 Å². The summed E-state index contributed by atoms with van der Waals surface area (Å²) in [6.07, 6.45) is 3.45. The van der Waals surface area contributed by atoms with Gasteiger partial charge in [0.15, 0.2) is 0 Å². The van der Waals surface area contributed by atoms with Gasteiger partial charge in [-0.15, -0.1) is 5.10 Å². The van der Waals surface area contributed by atoms with Gasteiger partial charge in [0.2, 0.25) is 5.88 Å². The van der Waals surface area contributed by atoms with E-state index in [-0.39, 0.29) is 12.0 Å². The molecule has 22 heavy (non-hydrogen) atoms. The number of rotatable bonds is 3. The minimum absolute atomic E-state index is 0.0142. The number of carbonyl (C=O) groups is 1. The topological polar surface area (TPSA) is 81.1 Å². The van der Waals surface area contributed by atoms with Crippen molar-refractivity contribution in [1.82, 2.24) is 24.5 Å². The molecule has 0 bridgehead atoms. The zero-order valence-electron chi connectivity index (χ0n) is 12.5. The van der Waals surface area contributed by atoms with E-state index in [9.17, 15) is 4.79 Å². The molecule has 116 valence electrons. The van der Waals surface area contributed by atoms with E-state index in [1.165, 1.54) is 0 Å². The monoisotopic (exact) mass is 319 g/mol. The highest BCUT2D eigenvalue weighted by molar-refractivity contribution is 7.07. The highest BCUT2D eigenvalue weighted by Gasteiger charge is 2.28. The predicted molar refractivity (Wildman–Crippen MR) is 81.0 cm³/mol. The molecule has 0 spiro atoms. The van der Waals surface area contributed by atoms with Crippen LogP contribution in [0.15, 0.2) is 12.3 Å². The predicted octanol–water partition coefficient (Wildman–Crippen LogP) is 1.63. The van der Waals surface area contributed by atoms with Crippen molar-refractivity contribution in [3.05, 3.63) is 28.7 Å². The molecular formula is C14H17N5O2S. The first-order chi connectivity index (χ1) is 10.6. The highest BCUT2D eigenvalue weighted by atomic mass is 32.1. The maximum Gasteiger partial charge on any atom is 0.267 e. The van der Waals surface area contributed by atoms with Crippen LogP contribution in [0.5, 0.6) is 5.88 Å². The van der Waals surface area contributed by atoms with Crippen LogP contribution in [0.4, 0.5) is 0 Å². The van der Waals surface area contributed by atoms with E-state index >= 15 is 0 Å². The number of ether oxygens (including phenoxy) is 1. The second kappa shape index (κ2) is 6.35. The summed E-state index contributed by atoms with van der Waals surface area (Å²) < 4.78 is 9.72. The van der Waals surface area contributed by atoms with Gasteiger partial charge in [0.05, 0.1) is 12.2 Å². The second-order valence-electron chi connectivity index (χ2n) is 5.26. The smallest absolute Gasteiger partial charge is 0.267 e. The van der Waals surface area contributed by atoms with Crippen LogP contribution in [-0.4, -0.2) is 49.6 Å². The van der Waals surface area contributed by atoms with Crippen LogP contribution < -0.4 is 4.74 Å². The summed E-state index contributed by atoms with van der Waals surface area (Å²) in [5.74, 6) is 1.22. The highest BCUT2D eigenvalue weighted by Crippen LogP contribution is 2.20. The van der Waals surface area contributed by atoms with Crippen LogP contribution in [0.25, 0.3) is 0 Å². The Morgan fingerprint density at radius 2 is 2.32 bits per heavy atom.